The molecule has 0 radical (unpaired) electrons. The molecule has 0 aromatic carbocycles. The molecule has 0 aromatic rings. The zero-order valence-corrected chi connectivity index (χ0v) is 11.6. The third kappa shape index (κ3) is 3.94. The van der Waals surface area contributed by atoms with Crippen LogP contribution in [-0.2, 0) is 0 Å². The van der Waals surface area contributed by atoms with Gasteiger partial charge in [-0.1, -0.05) is 0 Å². The molecule has 0 spiro atoms. The fourth-order valence-corrected chi connectivity index (χ4v) is 3.39. The van der Waals surface area contributed by atoms with E-state index in [0.717, 1.165) is 12.0 Å². The van der Waals surface area contributed by atoms with Crippen molar-refractivity contribution in [3.63, 3.8) is 0 Å². The third-order valence-electron chi connectivity index (χ3n) is 4.57. The van der Waals surface area contributed by atoms with Gasteiger partial charge in [0.25, 0.3) is 0 Å². The largest absolute Gasteiger partial charge is 0.320 e. The van der Waals surface area contributed by atoms with E-state index in [9.17, 15) is 0 Å². The summed E-state index contributed by atoms with van der Waals surface area (Å²) >= 11 is 0. The molecule has 0 amide bonds. The third-order valence-corrected chi connectivity index (χ3v) is 4.57. The first-order valence-electron chi connectivity index (χ1n) is 7.37. The Bertz CT molecular complexity index is 212. The molecule has 3 nitrogen and oxygen atoms in total. The monoisotopic (exact) mass is 239 g/mol. The van der Waals surface area contributed by atoms with Gasteiger partial charge in [0.2, 0.25) is 0 Å². The van der Waals surface area contributed by atoms with Crippen LogP contribution in [-0.4, -0.2) is 62.7 Å². The van der Waals surface area contributed by atoms with E-state index < -0.39 is 0 Å². The number of piperidine rings is 2. The highest BCUT2D eigenvalue weighted by molar-refractivity contribution is 4.83. The van der Waals surface area contributed by atoms with Gasteiger partial charge in [-0.05, 0) is 78.3 Å². The van der Waals surface area contributed by atoms with Crippen LogP contribution in [0.2, 0.25) is 0 Å². The molecule has 3 heteroatoms. The van der Waals surface area contributed by atoms with Crippen LogP contribution < -0.4 is 5.32 Å². The highest BCUT2D eigenvalue weighted by atomic mass is 15.2. The first kappa shape index (κ1) is 13.3. The van der Waals surface area contributed by atoms with Crippen LogP contribution in [0.25, 0.3) is 0 Å². The maximum atomic E-state index is 3.28. The second kappa shape index (κ2) is 6.72. The SMILES string of the molecule is CNCCC1CCN(C2CCCN(C)C2)CC1. The molecule has 0 bridgehead atoms. The predicted octanol–water partition coefficient (Wildman–Crippen LogP) is 1.40. The molecular weight excluding hydrogens is 210 g/mol. The Hall–Kier alpha value is -0.120. The Kier molecular flexibility index (Phi) is 5.26. The molecule has 2 aliphatic heterocycles. The van der Waals surface area contributed by atoms with Gasteiger partial charge in [0, 0.05) is 12.6 Å². The summed E-state index contributed by atoms with van der Waals surface area (Å²) in [6, 6.07) is 0.846. The van der Waals surface area contributed by atoms with Crippen LogP contribution in [0, 0.1) is 5.92 Å². The molecule has 0 aliphatic carbocycles. The zero-order valence-electron chi connectivity index (χ0n) is 11.6. The predicted molar refractivity (Wildman–Crippen MR) is 73.4 cm³/mol. The van der Waals surface area contributed by atoms with Crippen molar-refractivity contribution in [1.82, 2.24) is 15.1 Å². The van der Waals surface area contributed by atoms with Crippen LogP contribution in [0.5, 0.6) is 0 Å². The number of nitrogens with one attached hydrogen (secondary N) is 1. The minimum Gasteiger partial charge on any atom is -0.320 e. The molecule has 1 atom stereocenters. The van der Waals surface area contributed by atoms with Gasteiger partial charge >= 0.3 is 0 Å². The van der Waals surface area contributed by atoms with Crippen molar-refractivity contribution in [2.24, 2.45) is 5.92 Å². The fourth-order valence-electron chi connectivity index (χ4n) is 3.39. The van der Waals surface area contributed by atoms with Crippen LogP contribution >= 0.6 is 0 Å². The van der Waals surface area contributed by atoms with E-state index in [1.807, 2.05) is 0 Å². The molecule has 17 heavy (non-hydrogen) atoms. The lowest BCUT2D eigenvalue weighted by Crippen LogP contribution is -2.49. The van der Waals surface area contributed by atoms with E-state index in [4.69, 9.17) is 0 Å². The number of hydrogen-bond acceptors (Lipinski definition) is 3. The smallest absolute Gasteiger partial charge is 0.0223 e. The van der Waals surface area contributed by atoms with Crippen molar-refractivity contribution >= 4 is 0 Å². The normalized spacial score (nSPS) is 29.6. The highest BCUT2D eigenvalue weighted by Crippen LogP contribution is 2.24. The van der Waals surface area contributed by atoms with Crippen molar-refractivity contribution in [3.8, 4) is 0 Å². The van der Waals surface area contributed by atoms with E-state index in [2.05, 4.69) is 29.2 Å². The summed E-state index contributed by atoms with van der Waals surface area (Å²) in [4.78, 5) is 5.26. The summed E-state index contributed by atoms with van der Waals surface area (Å²) in [6.45, 7) is 6.47. The van der Waals surface area contributed by atoms with Crippen LogP contribution in [0.3, 0.4) is 0 Å². The number of rotatable bonds is 4. The van der Waals surface area contributed by atoms with Gasteiger partial charge in [-0.2, -0.15) is 0 Å². The Morgan fingerprint density at radius 3 is 2.53 bits per heavy atom. The Morgan fingerprint density at radius 2 is 1.88 bits per heavy atom. The van der Waals surface area contributed by atoms with Crippen LogP contribution in [0.1, 0.15) is 32.1 Å². The number of likely N-dealkylation sites (N-methyl/N-ethyl adjacent to an activating group) is 1. The summed E-state index contributed by atoms with van der Waals surface area (Å²) in [5.41, 5.74) is 0. The minimum absolute atomic E-state index is 0.846. The quantitative estimate of drug-likeness (QED) is 0.800. The number of nitrogens with zero attached hydrogens (tertiary/aromatic N) is 2. The molecule has 2 rings (SSSR count). The lowest BCUT2D eigenvalue weighted by Gasteiger charge is -2.41. The number of hydrogen-bond donors (Lipinski definition) is 1. The van der Waals surface area contributed by atoms with Gasteiger partial charge in [-0.3, -0.25) is 4.90 Å². The van der Waals surface area contributed by atoms with Gasteiger partial charge in [-0.25, -0.2) is 0 Å². The van der Waals surface area contributed by atoms with Crippen molar-refractivity contribution in [2.75, 3.05) is 46.8 Å². The average molecular weight is 239 g/mol. The maximum absolute atomic E-state index is 3.28. The van der Waals surface area contributed by atoms with Gasteiger partial charge in [0.15, 0.2) is 0 Å². The lowest BCUT2D eigenvalue weighted by molar-refractivity contribution is 0.0773. The number of likely N-dealkylation sites (tertiary alicyclic amines) is 2. The van der Waals surface area contributed by atoms with E-state index in [1.54, 1.807) is 0 Å². The maximum Gasteiger partial charge on any atom is 0.0223 e. The Labute approximate surface area is 107 Å². The second-order valence-corrected chi connectivity index (χ2v) is 5.93. The summed E-state index contributed by atoms with van der Waals surface area (Å²) in [6.07, 6.45) is 7.02. The molecule has 2 heterocycles. The molecule has 1 N–H and O–H groups in total. The lowest BCUT2D eigenvalue weighted by atomic mass is 9.91. The Balaban J connectivity index is 1.71. The molecule has 2 fully saturated rings. The van der Waals surface area contributed by atoms with E-state index >= 15 is 0 Å². The Morgan fingerprint density at radius 1 is 1.12 bits per heavy atom. The molecule has 2 saturated heterocycles. The second-order valence-electron chi connectivity index (χ2n) is 5.93. The van der Waals surface area contributed by atoms with Gasteiger partial charge in [0.05, 0.1) is 0 Å². The van der Waals surface area contributed by atoms with Crippen molar-refractivity contribution in [1.29, 1.82) is 0 Å². The van der Waals surface area contributed by atoms with Crippen LogP contribution in [0.15, 0.2) is 0 Å². The molecule has 2 aliphatic rings. The van der Waals surface area contributed by atoms with Gasteiger partial charge in [0.1, 0.15) is 0 Å². The van der Waals surface area contributed by atoms with Crippen molar-refractivity contribution in [2.45, 2.75) is 38.1 Å². The molecule has 100 valence electrons. The highest BCUT2D eigenvalue weighted by Gasteiger charge is 2.27. The first-order valence-corrected chi connectivity index (χ1v) is 7.37. The molecule has 0 aromatic heterocycles. The zero-order chi connectivity index (χ0) is 12.1. The van der Waals surface area contributed by atoms with Crippen LogP contribution in [0.4, 0.5) is 0 Å². The van der Waals surface area contributed by atoms with E-state index in [0.29, 0.717) is 0 Å². The van der Waals surface area contributed by atoms with Gasteiger partial charge in [-0.15, -0.1) is 0 Å². The van der Waals surface area contributed by atoms with Crippen molar-refractivity contribution in [3.05, 3.63) is 0 Å². The topological polar surface area (TPSA) is 18.5 Å². The van der Waals surface area contributed by atoms with Crippen molar-refractivity contribution < 1.29 is 0 Å². The van der Waals surface area contributed by atoms with E-state index in [-0.39, 0.29) is 0 Å². The average Bonchev–Trinajstić information content (AvgIpc) is 2.37. The van der Waals surface area contributed by atoms with Gasteiger partial charge < -0.3 is 10.2 Å². The first-order chi connectivity index (χ1) is 8.29. The fraction of sp³-hybridized carbons (Fsp3) is 1.00. The molecule has 0 saturated carbocycles. The summed E-state index contributed by atoms with van der Waals surface area (Å²) in [5, 5.41) is 3.28. The standard InChI is InChI=1S/C14H29N3/c1-15-8-5-13-6-10-17(11-7-13)14-4-3-9-16(2)12-14/h13-15H,3-12H2,1-2H3. The summed E-state index contributed by atoms with van der Waals surface area (Å²) < 4.78 is 0. The van der Waals surface area contributed by atoms with E-state index in [1.165, 1.54) is 64.8 Å². The molecule has 1 unspecified atom stereocenters. The summed E-state index contributed by atoms with van der Waals surface area (Å²) in [7, 11) is 4.33. The summed E-state index contributed by atoms with van der Waals surface area (Å²) in [5.74, 6) is 0.972. The molecular formula is C14H29N3. The minimum atomic E-state index is 0.846.